The highest BCUT2D eigenvalue weighted by atomic mass is 35.5. The number of aryl methyl sites for hydroxylation is 2. The number of anilines is 1. The molecule has 1 N–H and O–H groups in total. The molecule has 0 saturated heterocycles. The van der Waals surface area contributed by atoms with Gasteiger partial charge in [0.05, 0.1) is 11.9 Å². The molecule has 0 bridgehead atoms. The highest BCUT2D eigenvalue weighted by molar-refractivity contribution is 7.92. The zero-order valence-electron chi connectivity index (χ0n) is 24.3. The number of hydrogen-bond donors (Lipinski definition) is 1. The molecule has 0 aliphatic heterocycles. The van der Waals surface area contributed by atoms with Gasteiger partial charge < -0.3 is 10.2 Å². The molecular weight excluding hydrogens is 558 g/mol. The van der Waals surface area contributed by atoms with Crippen LogP contribution in [0.15, 0.2) is 72.8 Å². The monoisotopic (exact) mass is 597 g/mol. The van der Waals surface area contributed by atoms with Gasteiger partial charge >= 0.3 is 0 Å². The fourth-order valence-electron chi connectivity index (χ4n) is 4.83. The minimum absolute atomic E-state index is 0.0631. The number of carbonyl (C=O) groups is 2. The minimum atomic E-state index is -3.58. The van der Waals surface area contributed by atoms with E-state index in [0.29, 0.717) is 23.7 Å². The number of nitrogens with one attached hydrogen (secondary N) is 1. The first-order valence-electron chi connectivity index (χ1n) is 13.9. The van der Waals surface area contributed by atoms with Crippen LogP contribution in [0, 0.1) is 13.8 Å². The second kappa shape index (κ2) is 15.0. The Morgan fingerprint density at radius 1 is 0.951 bits per heavy atom. The van der Waals surface area contributed by atoms with Crippen LogP contribution < -0.4 is 9.62 Å². The van der Waals surface area contributed by atoms with Crippen molar-refractivity contribution >= 4 is 39.1 Å². The Hall–Kier alpha value is -3.36. The summed E-state index contributed by atoms with van der Waals surface area (Å²) < 4.78 is 26.8. The van der Waals surface area contributed by atoms with E-state index in [2.05, 4.69) is 5.32 Å². The molecule has 0 saturated carbocycles. The molecule has 0 radical (unpaired) electrons. The molecule has 0 aliphatic rings. The predicted octanol–water partition coefficient (Wildman–Crippen LogP) is 5.67. The van der Waals surface area contributed by atoms with E-state index in [1.165, 1.54) is 10.6 Å². The summed E-state index contributed by atoms with van der Waals surface area (Å²) in [6.45, 7) is 6.61. The molecule has 3 aromatic carbocycles. The van der Waals surface area contributed by atoms with Crippen LogP contribution in [0.4, 0.5) is 5.69 Å². The van der Waals surface area contributed by atoms with Crippen LogP contribution in [0.2, 0.25) is 5.02 Å². The van der Waals surface area contributed by atoms with E-state index >= 15 is 0 Å². The summed E-state index contributed by atoms with van der Waals surface area (Å²) in [6.07, 6.45) is 2.62. The zero-order valence-corrected chi connectivity index (χ0v) is 25.8. The molecule has 1 atom stereocenters. The van der Waals surface area contributed by atoms with Gasteiger partial charge in [0, 0.05) is 37.5 Å². The molecule has 0 aromatic heterocycles. The van der Waals surface area contributed by atoms with Gasteiger partial charge in [-0.2, -0.15) is 0 Å². The number of carbonyl (C=O) groups excluding carboxylic acids is 2. The Kier molecular flexibility index (Phi) is 11.8. The topological polar surface area (TPSA) is 86.8 Å². The summed E-state index contributed by atoms with van der Waals surface area (Å²) in [7, 11) is -3.58. The Balaban J connectivity index is 1.89. The molecular formula is C32H40ClN3O4S. The third-order valence-electron chi connectivity index (χ3n) is 6.77. The Labute approximate surface area is 249 Å². The van der Waals surface area contributed by atoms with Gasteiger partial charge in [-0.05, 0) is 67.1 Å². The molecule has 3 aromatic rings. The molecule has 0 unspecified atom stereocenters. The summed E-state index contributed by atoms with van der Waals surface area (Å²) >= 11 is 6.48. The first kappa shape index (κ1) is 32.2. The second-order valence-electron chi connectivity index (χ2n) is 10.4. The summed E-state index contributed by atoms with van der Waals surface area (Å²) in [5, 5.41) is 3.47. The first-order chi connectivity index (χ1) is 19.5. The Morgan fingerprint density at radius 2 is 1.59 bits per heavy atom. The highest BCUT2D eigenvalue weighted by Crippen LogP contribution is 2.24. The van der Waals surface area contributed by atoms with Crippen LogP contribution in [0.25, 0.3) is 0 Å². The van der Waals surface area contributed by atoms with E-state index in [1.54, 1.807) is 11.0 Å². The molecule has 220 valence electrons. The third-order valence-corrected chi connectivity index (χ3v) is 8.33. The van der Waals surface area contributed by atoms with E-state index in [1.807, 2.05) is 87.5 Å². The van der Waals surface area contributed by atoms with Crippen molar-refractivity contribution in [3.8, 4) is 0 Å². The van der Waals surface area contributed by atoms with E-state index in [4.69, 9.17) is 11.6 Å². The van der Waals surface area contributed by atoms with E-state index in [-0.39, 0.29) is 37.7 Å². The standard InChI is InChI=1S/C32H40ClN3O4S/c1-5-17-34-32(38)30(22-26-12-7-6-8-13-26)35(23-27-14-9-10-15-29(27)33)31(37)16-11-18-36(41(4,39)40)28-20-24(2)19-25(3)21-28/h6-10,12-15,19-21,30H,5,11,16-18,22-23H2,1-4H3,(H,34,38)/t30-/m0/s1. The molecule has 41 heavy (non-hydrogen) atoms. The summed E-state index contributed by atoms with van der Waals surface area (Å²) in [5.41, 5.74) is 4.15. The molecule has 9 heteroatoms. The second-order valence-corrected chi connectivity index (χ2v) is 12.7. The van der Waals surface area contributed by atoms with Crippen LogP contribution in [0.3, 0.4) is 0 Å². The average Bonchev–Trinajstić information content (AvgIpc) is 2.91. The quantitative estimate of drug-likeness (QED) is 0.259. The number of hydrogen-bond acceptors (Lipinski definition) is 4. The maximum absolute atomic E-state index is 13.9. The molecule has 3 rings (SSSR count). The largest absolute Gasteiger partial charge is 0.354 e. The van der Waals surface area contributed by atoms with Gasteiger partial charge in [0.25, 0.3) is 0 Å². The lowest BCUT2D eigenvalue weighted by Crippen LogP contribution is -2.50. The van der Waals surface area contributed by atoms with Gasteiger partial charge in [0.15, 0.2) is 0 Å². The molecule has 7 nitrogen and oxygen atoms in total. The lowest BCUT2D eigenvalue weighted by atomic mass is 10.0. The molecule has 0 aliphatic carbocycles. The number of sulfonamides is 1. The van der Waals surface area contributed by atoms with Gasteiger partial charge in [-0.3, -0.25) is 13.9 Å². The van der Waals surface area contributed by atoms with Gasteiger partial charge in [0.2, 0.25) is 21.8 Å². The maximum atomic E-state index is 13.9. The number of amides is 2. The van der Waals surface area contributed by atoms with Crippen molar-refractivity contribution in [3.63, 3.8) is 0 Å². The maximum Gasteiger partial charge on any atom is 0.243 e. The van der Waals surface area contributed by atoms with Crippen LogP contribution in [-0.2, 0) is 32.6 Å². The SMILES string of the molecule is CCCNC(=O)[C@H](Cc1ccccc1)N(Cc1ccccc1Cl)C(=O)CCCN(c1cc(C)cc(C)c1)S(C)(=O)=O. The van der Waals surface area contributed by atoms with Gasteiger partial charge in [-0.15, -0.1) is 0 Å². The van der Waals surface area contributed by atoms with Gasteiger partial charge in [-0.25, -0.2) is 8.42 Å². The van der Waals surface area contributed by atoms with Gasteiger partial charge in [-0.1, -0.05) is 73.1 Å². The molecule has 2 amide bonds. The van der Waals surface area contributed by atoms with E-state index in [9.17, 15) is 18.0 Å². The number of benzene rings is 3. The predicted molar refractivity (Wildman–Crippen MR) is 167 cm³/mol. The zero-order chi connectivity index (χ0) is 30.0. The van der Waals surface area contributed by atoms with Crippen LogP contribution in [0.5, 0.6) is 0 Å². The molecule has 0 heterocycles. The number of rotatable bonds is 14. The van der Waals surface area contributed by atoms with Crippen molar-refractivity contribution in [2.24, 2.45) is 0 Å². The van der Waals surface area contributed by atoms with Crippen LogP contribution in [0.1, 0.15) is 48.4 Å². The van der Waals surface area contributed by atoms with E-state index in [0.717, 1.165) is 28.7 Å². The summed E-state index contributed by atoms with van der Waals surface area (Å²) in [4.78, 5) is 28.9. The van der Waals surface area contributed by atoms with Crippen molar-refractivity contribution in [3.05, 3.63) is 100 Å². The van der Waals surface area contributed by atoms with E-state index < -0.39 is 16.1 Å². The van der Waals surface area contributed by atoms with Crippen molar-refractivity contribution < 1.29 is 18.0 Å². The van der Waals surface area contributed by atoms with Crippen molar-refractivity contribution in [1.82, 2.24) is 10.2 Å². The summed E-state index contributed by atoms with van der Waals surface area (Å²) in [5.74, 6) is -0.476. The van der Waals surface area contributed by atoms with Crippen molar-refractivity contribution in [2.45, 2.75) is 59.0 Å². The van der Waals surface area contributed by atoms with Crippen LogP contribution >= 0.6 is 11.6 Å². The Morgan fingerprint density at radius 3 is 2.20 bits per heavy atom. The number of nitrogens with zero attached hydrogens (tertiary/aromatic N) is 2. The lowest BCUT2D eigenvalue weighted by molar-refractivity contribution is -0.141. The average molecular weight is 598 g/mol. The summed E-state index contributed by atoms with van der Waals surface area (Å²) in [6, 6.07) is 21.7. The Bertz CT molecular complexity index is 1410. The third kappa shape index (κ3) is 9.61. The fourth-order valence-corrected chi connectivity index (χ4v) is 5.97. The smallest absolute Gasteiger partial charge is 0.243 e. The highest BCUT2D eigenvalue weighted by Gasteiger charge is 2.30. The molecule has 0 fully saturated rings. The minimum Gasteiger partial charge on any atom is -0.354 e. The first-order valence-corrected chi connectivity index (χ1v) is 16.1. The lowest BCUT2D eigenvalue weighted by Gasteiger charge is -2.32. The van der Waals surface area contributed by atoms with Gasteiger partial charge in [0.1, 0.15) is 6.04 Å². The molecule has 0 spiro atoms. The normalized spacial score (nSPS) is 12.0. The van der Waals surface area contributed by atoms with Crippen molar-refractivity contribution in [1.29, 1.82) is 0 Å². The van der Waals surface area contributed by atoms with Crippen molar-refractivity contribution in [2.75, 3.05) is 23.7 Å². The fraction of sp³-hybridized carbons (Fsp3) is 0.375. The van der Waals surface area contributed by atoms with Crippen LogP contribution in [-0.4, -0.2) is 50.5 Å². The number of halogens is 1.